The number of rotatable bonds is 2. The molecule has 0 saturated heterocycles. The lowest BCUT2D eigenvalue weighted by Crippen LogP contribution is -2.12. The summed E-state index contributed by atoms with van der Waals surface area (Å²) in [6, 6.07) is 15.2. The number of anilines is 1. The third-order valence-corrected chi connectivity index (χ3v) is 3.52. The van der Waals surface area contributed by atoms with Gasteiger partial charge in [0, 0.05) is 28.0 Å². The number of para-hydroxylation sites is 1. The molecule has 2 aromatic carbocycles. The summed E-state index contributed by atoms with van der Waals surface area (Å²) in [7, 11) is 0. The molecule has 5 nitrogen and oxygen atoms in total. The van der Waals surface area contributed by atoms with Crippen LogP contribution in [-0.4, -0.2) is 21.1 Å². The SMILES string of the molecule is O=C(Nc1n[nH]c2ccccc12)c1ccc2[nH]ccc2c1. The summed E-state index contributed by atoms with van der Waals surface area (Å²) in [5.74, 6) is 0.375. The second-order valence-electron chi connectivity index (χ2n) is 4.85. The van der Waals surface area contributed by atoms with Crippen LogP contribution in [0.15, 0.2) is 54.7 Å². The zero-order valence-corrected chi connectivity index (χ0v) is 11.1. The number of H-pyrrole nitrogens is 2. The van der Waals surface area contributed by atoms with Gasteiger partial charge in [-0.05, 0) is 36.4 Å². The highest BCUT2D eigenvalue weighted by Gasteiger charge is 2.11. The summed E-state index contributed by atoms with van der Waals surface area (Å²) < 4.78 is 0. The normalized spacial score (nSPS) is 11.0. The molecule has 5 heteroatoms. The monoisotopic (exact) mass is 276 g/mol. The molecule has 2 aromatic heterocycles. The van der Waals surface area contributed by atoms with Crippen LogP contribution in [0, 0.1) is 0 Å². The molecule has 1 amide bonds. The highest BCUT2D eigenvalue weighted by atomic mass is 16.1. The Balaban J connectivity index is 1.68. The molecular weight excluding hydrogens is 264 g/mol. The molecule has 0 unspecified atom stereocenters. The average molecular weight is 276 g/mol. The number of nitrogens with zero attached hydrogens (tertiary/aromatic N) is 1. The molecular formula is C16H12N4O. The Hall–Kier alpha value is -3.08. The first-order valence-electron chi connectivity index (χ1n) is 6.63. The highest BCUT2D eigenvalue weighted by Crippen LogP contribution is 2.21. The standard InChI is InChI=1S/C16H12N4O/c21-16(11-5-6-13-10(9-11)7-8-17-13)18-15-12-3-1-2-4-14(12)19-20-15/h1-9,17H,(H2,18,19,20,21). The average Bonchev–Trinajstić information content (AvgIpc) is 3.13. The molecule has 0 aliphatic carbocycles. The van der Waals surface area contributed by atoms with E-state index < -0.39 is 0 Å². The van der Waals surface area contributed by atoms with Gasteiger partial charge in [-0.2, -0.15) is 5.10 Å². The maximum absolute atomic E-state index is 12.3. The van der Waals surface area contributed by atoms with E-state index in [0.29, 0.717) is 11.4 Å². The van der Waals surface area contributed by atoms with Gasteiger partial charge in [0.05, 0.1) is 5.52 Å². The molecule has 2 heterocycles. The smallest absolute Gasteiger partial charge is 0.256 e. The molecule has 102 valence electrons. The lowest BCUT2D eigenvalue weighted by atomic mass is 10.1. The van der Waals surface area contributed by atoms with Crippen molar-refractivity contribution in [3.8, 4) is 0 Å². The van der Waals surface area contributed by atoms with Gasteiger partial charge < -0.3 is 10.3 Å². The third kappa shape index (κ3) is 1.95. The third-order valence-electron chi connectivity index (χ3n) is 3.52. The Morgan fingerprint density at radius 2 is 1.95 bits per heavy atom. The van der Waals surface area contributed by atoms with Crippen molar-refractivity contribution < 1.29 is 4.79 Å². The number of aromatic nitrogens is 3. The number of hydrogen-bond acceptors (Lipinski definition) is 2. The molecule has 4 aromatic rings. The molecule has 3 N–H and O–H groups in total. The topological polar surface area (TPSA) is 73.6 Å². The summed E-state index contributed by atoms with van der Waals surface area (Å²) in [4.78, 5) is 15.5. The van der Waals surface area contributed by atoms with Gasteiger partial charge >= 0.3 is 0 Å². The molecule has 0 saturated carbocycles. The van der Waals surface area contributed by atoms with Crippen LogP contribution in [0.3, 0.4) is 0 Å². The van der Waals surface area contributed by atoms with E-state index in [4.69, 9.17) is 0 Å². The fourth-order valence-corrected chi connectivity index (χ4v) is 2.43. The molecule has 21 heavy (non-hydrogen) atoms. The van der Waals surface area contributed by atoms with Crippen LogP contribution in [0.2, 0.25) is 0 Å². The van der Waals surface area contributed by atoms with Gasteiger partial charge in [0.15, 0.2) is 5.82 Å². The van der Waals surface area contributed by atoms with Crippen molar-refractivity contribution in [3.63, 3.8) is 0 Å². The minimum Gasteiger partial charge on any atom is -0.361 e. The van der Waals surface area contributed by atoms with E-state index >= 15 is 0 Å². The summed E-state index contributed by atoms with van der Waals surface area (Å²) in [6.45, 7) is 0. The first-order valence-corrected chi connectivity index (χ1v) is 6.63. The van der Waals surface area contributed by atoms with E-state index in [9.17, 15) is 4.79 Å². The second-order valence-corrected chi connectivity index (χ2v) is 4.85. The summed E-state index contributed by atoms with van der Waals surface area (Å²) in [5, 5.41) is 11.8. The van der Waals surface area contributed by atoms with Crippen LogP contribution in [0.25, 0.3) is 21.8 Å². The molecule has 0 bridgehead atoms. The number of fused-ring (bicyclic) bond motifs is 2. The van der Waals surface area contributed by atoms with Crippen LogP contribution in [0.5, 0.6) is 0 Å². The summed E-state index contributed by atoms with van der Waals surface area (Å²) in [6.07, 6.45) is 1.85. The second kappa shape index (κ2) is 4.49. The maximum atomic E-state index is 12.3. The maximum Gasteiger partial charge on any atom is 0.256 e. The van der Waals surface area contributed by atoms with Crippen molar-refractivity contribution >= 4 is 33.5 Å². The molecule has 4 rings (SSSR count). The van der Waals surface area contributed by atoms with Crippen molar-refractivity contribution in [2.24, 2.45) is 0 Å². The largest absolute Gasteiger partial charge is 0.361 e. The van der Waals surface area contributed by atoms with Crippen molar-refractivity contribution in [1.82, 2.24) is 15.2 Å². The molecule has 0 aliphatic heterocycles. The van der Waals surface area contributed by atoms with Gasteiger partial charge in [-0.3, -0.25) is 9.89 Å². The molecule has 0 atom stereocenters. The quantitative estimate of drug-likeness (QED) is 0.525. The predicted octanol–water partition coefficient (Wildman–Crippen LogP) is 3.30. The van der Waals surface area contributed by atoms with Gasteiger partial charge in [0.2, 0.25) is 0 Å². The fraction of sp³-hybridized carbons (Fsp3) is 0. The molecule has 0 aliphatic rings. The summed E-state index contributed by atoms with van der Waals surface area (Å²) in [5.41, 5.74) is 2.51. The van der Waals surface area contributed by atoms with E-state index in [-0.39, 0.29) is 5.91 Å². The number of hydrogen-bond donors (Lipinski definition) is 3. The Morgan fingerprint density at radius 1 is 1.05 bits per heavy atom. The Labute approximate surface area is 120 Å². The zero-order valence-electron chi connectivity index (χ0n) is 11.1. The first kappa shape index (κ1) is 11.7. The highest BCUT2D eigenvalue weighted by molar-refractivity contribution is 6.09. The number of nitrogens with one attached hydrogen (secondary N) is 3. The predicted molar refractivity (Wildman–Crippen MR) is 82.3 cm³/mol. The fourth-order valence-electron chi connectivity index (χ4n) is 2.43. The van der Waals surface area contributed by atoms with Gasteiger partial charge in [-0.1, -0.05) is 12.1 Å². The minimum atomic E-state index is -0.171. The van der Waals surface area contributed by atoms with Gasteiger partial charge in [0.1, 0.15) is 0 Å². The number of aromatic amines is 2. The van der Waals surface area contributed by atoms with Crippen molar-refractivity contribution in [3.05, 3.63) is 60.3 Å². The lowest BCUT2D eigenvalue weighted by Gasteiger charge is -2.03. The van der Waals surface area contributed by atoms with E-state index in [1.165, 1.54) is 0 Å². The van der Waals surface area contributed by atoms with Crippen molar-refractivity contribution in [2.45, 2.75) is 0 Å². The van der Waals surface area contributed by atoms with Gasteiger partial charge in [0.25, 0.3) is 5.91 Å². The zero-order chi connectivity index (χ0) is 14.2. The lowest BCUT2D eigenvalue weighted by molar-refractivity contribution is 0.102. The van der Waals surface area contributed by atoms with Crippen LogP contribution in [0.4, 0.5) is 5.82 Å². The molecule has 0 fully saturated rings. The molecule has 0 spiro atoms. The molecule has 0 radical (unpaired) electrons. The Kier molecular flexibility index (Phi) is 2.50. The van der Waals surface area contributed by atoms with Crippen LogP contribution < -0.4 is 5.32 Å². The van der Waals surface area contributed by atoms with Crippen molar-refractivity contribution in [1.29, 1.82) is 0 Å². The van der Waals surface area contributed by atoms with Crippen molar-refractivity contribution in [2.75, 3.05) is 5.32 Å². The van der Waals surface area contributed by atoms with Crippen LogP contribution >= 0.6 is 0 Å². The Bertz CT molecular complexity index is 951. The van der Waals surface area contributed by atoms with Crippen LogP contribution in [0.1, 0.15) is 10.4 Å². The van der Waals surface area contributed by atoms with E-state index in [1.807, 2.05) is 48.7 Å². The summed E-state index contributed by atoms with van der Waals surface area (Å²) >= 11 is 0. The number of benzene rings is 2. The Morgan fingerprint density at radius 3 is 2.90 bits per heavy atom. The minimum absolute atomic E-state index is 0.171. The van der Waals surface area contributed by atoms with Crippen LogP contribution in [-0.2, 0) is 0 Å². The van der Waals surface area contributed by atoms with Gasteiger partial charge in [-0.15, -0.1) is 0 Å². The van der Waals surface area contributed by atoms with E-state index in [2.05, 4.69) is 20.5 Å². The first-order chi connectivity index (χ1) is 10.3. The number of carbonyl (C=O) groups excluding carboxylic acids is 1. The number of carbonyl (C=O) groups is 1. The van der Waals surface area contributed by atoms with E-state index in [1.54, 1.807) is 6.07 Å². The van der Waals surface area contributed by atoms with Gasteiger partial charge in [-0.25, -0.2) is 0 Å². The van der Waals surface area contributed by atoms with E-state index in [0.717, 1.165) is 21.8 Å². The number of amides is 1.